The summed E-state index contributed by atoms with van der Waals surface area (Å²) in [7, 11) is 0. The van der Waals surface area contributed by atoms with Crippen molar-refractivity contribution < 1.29 is 0 Å². The van der Waals surface area contributed by atoms with E-state index in [9.17, 15) is 0 Å². The molecule has 0 heterocycles. The fourth-order valence-electron chi connectivity index (χ4n) is 2.42. The van der Waals surface area contributed by atoms with E-state index in [1.165, 1.54) is 33.4 Å². The summed E-state index contributed by atoms with van der Waals surface area (Å²) in [5.41, 5.74) is 8.19. The summed E-state index contributed by atoms with van der Waals surface area (Å²) in [6, 6.07) is 13.5. The maximum Gasteiger partial charge on any atom is -0.0181 e. The van der Waals surface area contributed by atoms with Gasteiger partial charge in [0.15, 0.2) is 0 Å². The molecule has 94 valence electrons. The van der Waals surface area contributed by atoms with Crippen LogP contribution in [0.5, 0.6) is 0 Å². The summed E-state index contributed by atoms with van der Waals surface area (Å²) in [6.45, 7) is 11.0. The van der Waals surface area contributed by atoms with Gasteiger partial charge in [0, 0.05) is 0 Å². The Balaban J connectivity index is 2.45. The molecule has 0 nitrogen and oxygen atoms in total. The van der Waals surface area contributed by atoms with Crippen LogP contribution in [0.25, 0.3) is 11.1 Å². The Morgan fingerprint density at radius 1 is 0.667 bits per heavy atom. The molecule has 0 amide bonds. The van der Waals surface area contributed by atoms with Crippen LogP contribution < -0.4 is 0 Å². The molecule has 18 heavy (non-hydrogen) atoms. The molecule has 0 aliphatic heterocycles. The SMILES string of the molecule is Cc1ccc(-c2ccc(C(C)C)c(C)c2)cc1C. The van der Waals surface area contributed by atoms with Crippen molar-refractivity contribution in [1.82, 2.24) is 0 Å². The molecule has 0 radical (unpaired) electrons. The topological polar surface area (TPSA) is 0 Å². The number of hydrogen-bond acceptors (Lipinski definition) is 0. The molecule has 0 unspecified atom stereocenters. The zero-order valence-electron chi connectivity index (χ0n) is 12.0. The second-order valence-corrected chi connectivity index (χ2v) is 5.53. The van der Waals surface area contributed by atoms with Crippen LogP contribution in [-0.2, 0) is 0 Å². The van der Waals surface area contributed by atoms with E-state index in [2.05, 4.69) is 71.0 Å². The zero-order chi connectivity index (χ0) is 13.3. The summed E-state index contributed by atoms with van der Waals surface area (Å²) in [5, 5.41) is 0. The van der Waals surface area contributed by atoms with Gasteiger partial charge in [-0.2, -0.15) is 0 Å². The van der Waals surface area contributed by atoms with Crippen molar-refractivity contribution in [1.29, 1.82) is 0 Å². The Hall–Kier alpha value is -1.56. The molecular formula is C18H22. The Morgan fingerprint density at radius 3 is 1.72 bits per heavy atom. The van der Waals surface area contributed by atoms with Crippen molar-refractivity contribution in [2.75, 3.05) is 0 Å². The van der Waals surface area contributed by atoms with E-state index in [1.54, 1.807) is 0 Å². The molecule has 0 fully saturated rings. The first kappa shape index (κ1) is 12.9. The minimum absolute atomic E-state index is 0.596. The summed E-state index contributed by atoms with van der Waals surface area (Å²) < 4.78 is 0. The molecule has 0 spiro atoms. The van der Waals surface area contributed by atoms with Gasteiger partial charge in [-0.25, -0.2) is 0 Å². The number of aryl methyl sites for hydroxylation is 3. The Labute approximate surface area is 111 Å². The standard InChI is InChI=1S/C18H22/c1-12(2)18-9-8-17(11-15(18)5)16-7-6-13(3)14(4)10-16/h6-12H,1-5H3. The highest BCUT2D eigenvalue weighted by Crippen LogP contribution is 2.27. The van der Waals surface area contributed by atoms with Gasteiger partial charge in [0.2, 0.25) is 0 Å². The summed E-state index contributed by atoms with van der Waals surface area (Å²) >= 11 is 0. The van der Waals surface area contributed by atoms with Gasteiger partial charge < -0.3 is 0 Å². The van der Waals surface area contributed by atoms with Crippen LogP contribution in [0.15, 0.2) is 36.4 Å². The van der Waals surface area contributed by atoms with Crippen molar-refractivity contribution in [2.45, 2.75) is 40.5 Å². The van der Waals surface area contributed by atoms with Crippen molar-refractivity contribution >= 4 is 0 Å². The molecule has 0 N–H and O–H groups in total. The number of hydrogen-bond donors (Lipinski definition) is 0. The average molecular weight is 238 g/mol. The monoisotopic (exact) mass is 238 g/mol. The van der Waals surface area contributed by atoms with Gasteiger partial charge in [0.25, 0.3) is 0 Å². The molecule has 0 bridgehead atoms. The third-order valence-corrected chi connectivity index (χ3v) is 3.73. The molecule has 0 saturated carbocycles. The Morgan fingerprint density at radius 2 is 1.22 bits per heavy atom. The first-order valence-corrected chi connectivity index (χ1v) is 6.67. The van der Waals surface area contributed by atoms with Crippen molar-refractivity contribution in [3.63, 3.8) is 0 Å². The highest BCUT2D eigenvalue weighted by atomic mass is 14.1. The summed E-state index contributed by atoms with van der Waals surface area (Å²) in [4.78, 5) is 0. The van der Waals surface area contributed by atoms with E-state index < -0.39 is 0 Å². The predicted octanol–water partition coefficient (Wildman–Crippen LogP) is 5.40. The van der Waals surface area contributed by atoms with E-state index in [0.29, 0.717) is 5.92 Å². The van der Waals surface area contributed by atoms with Crippen LogP contribution in [-0.4, -0.2) is 0 Å². The smallest absolute Gasteiger partial charge is 0.0181 e. The molecule has 2 rings (SSSR count). The molecule has 0 aliphatic rings. The lowest BCUT2D eigenvalue weighted by Crippen LogP contribution is -1.92. The van der Waals surface area contributed by atoms with Crippen LogP contribution in [0.2, 0.25) is 0 Å². The molecule has 2 aromatic rings. The second-order valence-electron chi connectivity index (χ2n) is 5.53. The molecule has 0 aromatic heterocycles. The molecule has 2 aromatic carbocycles. The summed E-state index contributed by atoms with van der Waals surface area (Å²) in [5.74, 6) is 0.596. The number of rotatable bonds is 2. The molecular weight excluding hydrogens is 216 g/mol. The normalized spacial score (nSPS) is 11.0. The fourth-order valence-corrected chi connectivity index (χ4v) is 2.42. The van der Waals surface area contributed by atoms with Gasteiger partial charge in [-0.1, -0.05) is 50.2 Å². The van der Waals surface area contributed by atoms with Crippen molar-refractivity contribution in [3.05, 3.63) is 58.7 Å². The highest BCUT2D eigenvalue weighted by Gasteiger charge is 2.06. The van der Waals surface area contributed by atoms with Crippen LogP contribution >= 0.6 is 0 Å². The summed E-state index contributed by atoms with van der Waals surface area (Å²) in [6.07, 6.45) is 0. The Kier molecular flexibility index (Phi) is 3.56. The maximum atomic E-state index is 2.30. The average Bonchev–Trinajstić information content (AvgIpc) is 2.32. The third-order valence-electron chi connectivity index (χ3n) is 3.73. The zero-order valence-corrected chi connectivity index (χ0v) is 12.0. The number of benzene rings is 2. The first-order chi connectivity index (χ1) is 8.49. The van der Waals surface area contributed by atoms with E-state index in [4.69, 9.17) is 0 Å². The predicted molar refractivity (Wildman–Crippen MR) is 80.2 cm³/mol. The van der Waals surface area contributed by atoms with Crippen molar-refractivity contribution in [2.24, 2.45) is 0 Å². The largest absolute Gasteiger partial charge is 0.0587 e. The van der Waals surface area contributed by atoms with Crippen LogP contribution in [0.3, 0.4) is 0 Å². The highest BCUT2D eigenvalue weighted by molar-refractivity contribution is 5.66. The van der Waals surface area contributed by atoms with Gasteiger partial charge in [0.1, 0.15) is 0 Å². The minimum atomic E-state index is 0.596. The van der Waals surface area contributed by atoms with Gasteiger partial charge in [-0.15, -0.1) is 0 Å². The quantitative estimate of drug-likeness (QED) is 0.657. The van der Waals surface area contributed by atoms with E-state index in [0.717, 1.165) is 0 Å². The third kappa shape index (κ3) is 2.48. The lowest BCUT2D eigenvalue weighted by molar-refractivity contribution is 0.857. The van der Waals surface area contributed by atoms with Gasteiger partial charge >= 0.3 is 0 Å². The van der Waals surface area contributed by atoms with Gasteiger partial charge in [-0.3, -0.25) is 0 Å². The van der Waals surface area contributed by atoms with E-state index >= 15 is 0 Å². The second kappa shape index (κ2) is 4.97. The van der Waals surface area contributed by atoms with Crippen LogP contribution in [0, 0.1) is 20.8 Å². The van der Waals surface area contributed by atoms with Crippen LogP contribution in [0.4, 0.5) is 0 Å². The van der Waals surface area contributed by atoms with Gasteiger partial charge in [0.05, 0.1) is 0 Å². The van der Waals surface area contributed by atoms with E-state index in [1.807, 2.05) is 0 Å². The van der Waals surface area contributed by atoms with E-state index in [-0.39, 0.29) is 0 Å². The lowest BCUT2D eigenvalue weighted by atomic mass is 9.93. The molecule has 0 saturated heterocycles. The first-order valence-electron chi connectivity index (χ1n) is 6.67. The lowest BCUT2D eigenvalue weighted by Gasteiger charge is -2.12. The fraction of sp³-hybridized carbons (Fsp3) is 0.333. The minimum Gasteiger partial charge on any atom is -0.0587 e. The molecule has 0 heteroatoms. The van der Waals surface area contributed by atoms with Crippen molar-refractivity contribution in [3.8, 4) is 11.1 Å². The maximum absolute atomic E-state index is 2.30. The van der Waals surface area contributed by atoms with Gasteiger partial charge in [-0.05, 0) is 60.1 Å². The Bertz CT molecular complexity index is 562. The molecule has 0 aliphatic carbocycles. The molecule has 0 atom stereocenters. The van der Waals surface area contributed by atoms with Crippen LogP contribution in [0.1, 0.15) is 42.0 Å².